The fourth-order valence-corrected chi connectivity index (χ4v) is 4.45. The minimum atomic E-state index is -0.0459. The number of phenolic OH excluding ortho intramolecular Hbond substituents is 1. The highest BCUT2D eigenvalue weighted by atomic mass is 32.2. The summed E-state index contributed by atoms with van der Waals surface area (Å²) in [6.07, 6.45) is 1.81. The smallest absolute Gasteiger partial charge is 0.160 e. The number of thioether (sulfide) groups is 1. The van der Waals surface area contributed by atoms with Crippen molar-refractivity contribution < 1.29 is 9.84 Å². The molecule has 0 spiro atoms. The Balaban J connectivity index is 1.78. The molecule has 0 aliphatic carbocycles. The molecule has 3 heterocycles. The van der Waals surface area contributed by atoms with Gasteiger partial charge in [0.1, 0.15) is 6.04 Å². The zero-order valence-corrected chi connectivity index (χ0v) is 14.4. The number of amidine groups is 1. The second-order valence-electron chi connectivity index (χ2n) is 6.07. The van der Waals surface area contributed by atoms with E-state index in [0.29, 0.717) is 11.0 Å². The molecule has 124 valence electrons. The number of rotatable bonds is 3. The summed E-state index contributed by atoms with van der Waals surface area (Å²) in [4.78, 5) is 11.8. The number of phenols is 1. The molecule has 0 amide bonds. The molecule has 0 bridgehead atoms. The van der Waals surface area contributed by atoms with Gasteiger partial charge in [-0.2, -0.15) is 0 Å². The molecule has 2 aliphatic heterocycles. The highest BCUT2D eigenvalue weighted by Crippen LogP contribution is 2.48. The third-order valence-electron chi connectivity index (χ3n) is 4.43. The van der Waals surface area contributed by atoms with Crippen LogP contribution < -0.4 is 4.74 Å². The molecule has 1 saturated heterocycles. The van der Waals surface area contributed by atoms with E-state index in [1.165, 1.54) is 0 Å². The van der Waals surface area contributed by atoms with E-state index in [-0.39, 0.29) is 17.8 Å². The summed E-state index contributed by atoms with van der Waals surface area (Å²) < 4.78 is 5.29. The first-order chi connectivity index (χ1) is 11.7. The Morgan fingerprint density at radius 2 is 2.17 bits per heavy atom. The Morgan fingerprint density at radius 1 is 1.29 bits per heavy atom. The average Bonchev–Trinajstić information content (AvgIpc) is 3.12. The molecule has 0 unspecified atom stereocenters. The molecule has 1 N–H and O–H groups in total. The number of hydrogen-bond donors (Lipinski definition) is 1. The van der Waals surface area contributed by atoms with Crippen LogP contribution in [0.4, 0.5) is 0 Å². The van der Waals surface area contributed by atoms with Gasteiger partial charge in [-0.05, 0) is 29.8 Å². The van der Waals surface area contributed by atoms with Gasteiger partial charge < -0.3 is 14.7 Å². The number of fused-ring (bicyclic) bond motifs is 1. The van der Waals surface area contributed by atoms with Crippen LogP contribution in [0.1, 0.15) is 30.3 Å². The lowest BCUT2D eigenvalue weighted by atomic mass is 9.96. The summed E-state index contributed by atoms with van der Waals surface area (Å²) in [6, 6.07) is 11.5. The summed E-state index contributed by atoms with van der Waals surface area (Å²) in [5.74, 6) is 0.638. The molecule has 1 aromatic carbocycles. The van der Waals surface area contributed by atoms with Crippen molar-refractivity contribution >= 4 is 16.9 Å². The standard InChI is InChI=1S/C18H19N3O2S/c1-11-10-21-17(12-6-7-14(22)15(9-12)23-2)16(20-18(21)24-11)13-5-3-4-8-19-13/h3-9,11,16-17,22H,10H2,1-2H3/t11-,16+,17+/m0/s1. The van der Waals surface area contributed by atoms with Gasteiger partial charge in [-0.1, -0.05) is 30.8 Å². The Hall–Kier alpha value is -2.21. The van der Waals surface area contributed by atoms with Crippen LogP contribution in [0.3, 0.4) is 0 Å². The molecule has 4 rings (SSSR count). The Kier molecular flexibility index (Phi) is 3.84. The molecule has 1 fully saturated rings. The summed E-state index contributed by atoms with van der Waals surface area (Å²) in [5, 5.41) is 11.5. The van der Waals surface area contributed by atoms with E-state index in [2.05, 4.69) is 16.8 Å². The van der Waals surface area contributed by atoms with Crippen molar-refractivity contribution in [2.45, 2.75) is 24.3 Å². The number of nitrogens with zero attached hydrogens (tertiary/aromatic N) is 3. The first-order valence-electron chi connectivity index (χ1n) is 7.96. The zero-order chi connectivity index (χ0) is 16.7. The Bertz CT molecular complexity index is 781. The number of aromatic hydroxyl groups is 1. The molecular weight excluding hydrogens is 322 g/mol. The van der Waals surface area contributed by atoms with Gasteiger partial charge in [0.15, 0.2) is 16.7 Å². The van der Waals surface area contributed by atoms with Gasteiger partial charge in [0.2, 0.25) is 0 Å². The van der Waals surface area contributed by atoms with Crippen LogP contribution in [0.2, 0.25) is 0 Å². The Morgan fingerprint density at radius 3 is 2.92 bits per heavy atom. The van der Waals surface area contributed by atoms with Gasteiger partial charge >= 0.3 is 0 Å². The van der Waals surface area contributed by atoms with Crippen LogP contribution >= 0.6 is 11.8 Å². The van der Waals surface area contributed by atoms with Gasteiger partial charge in [-0.3, -0.25) is 9.98 Å². The third-order valence-corrected chi connectivity index (χ3v) is 5.53. The van der Waals surface area contributed by atoms with Gasteiger partial charge in [0.05, 0.1) is 18.8 Å². The van der Waals surface area contributed by atoms with E-state index in [1.54, 1.807) is 13.2 Å². The van der Waals surface area contributed by atoms with E-state index < -0.39 is 0 Å². The van der Waals surface area contributed by atoms with Crippen molar-refractivity contribution in [1.29, 1.82) is 0 Å². The van der Waals surface area contributed by atoms with Crippen molar-refractivity contribution in [2.75, 3.05) is 13.7 Å². The second kappa shape index (κ2) is 6.02. The van der Waals surface area contributed by atoms with Crippen LogP contribution in [0, 0.1) is 0 Å². The fraction of sp³-hybridized carbons (Fsp3) is 0.333. The summed E-state index contributed by atoms with van der Waals surface area (Å²) in [7, 11) is 1.57. The number of methoxy groups -OCH3 is 1. The minimum Gasteiger partial charge on any atom is -0.504 e. The first-order valence-corrected chi connectivity index (χ1v) is 8.84. The molecule has 6 heteroatoms. The second-order valence-corrected chi connectivity index (χ2v) is 7.47. The van der Waals surface area contributed by atoms with Crippen LogP contribution in [0.25, 0.3) is 0 Å². The van der Waals surface area contributed by atoms with Gasteiger partial charge in [-0.25, -0.2) is 0 Å². The lowest BCUT2D eigenvalue weighted by Gasteiger charge is -2.27. The van der Waals surface area contributed by atoms with Crippen molar-refractivity contribution in [2.24, 2.45) is 4.99 Å². The number of aromatic nitrogens is 1. The maximum Gasteiger partial charge on any atom is 0.160 e. The third kappa shape index (κ3) is 2.51. The van der Waals surface area contributed by atoms with Crippen molar-refractivity contribution in [1.82, 2.24) is 9.88 Å². The van der Waals surface area contributed by atoms with E-state index in [0.717, 1.165) is 23.0 Å². The number of pyridine rings is 1. The van der Waals surface area contributed by atoms with Gasteiger partial charge in [0, 0.05) is 18.0 Å². The molecule has 3 atom stereocenters. The average molecular weight is 341 g/mol. The highest BCUT2D eigenvalue weighted by Gasteiger charge is 2.43. The maximum atomic E-state index is 9.91. The summed E-state index contributed by atoms with van der Waals surface area (Å²) in [5.41, 5.74) is 2.04. The summed E-state index contributed by atoms with van der Waals surface area (Å²) in [6.45, 7) is 3.18. The topological polar surface area (TPSA) is 58.0 Å². The van der Waals surface area contributed by atoms with E-state index in [4.69, 9.17) is 9.73 Å². The predicted octanol–water partition coefficient (Wildman–Crippen LogP) is 3.39. The Labute approximate surface area is 145 Å². The quantitative estimate of drug-likeness (QED) is 0.927. The van der Waals surface area contributed by atoms with E-state index >= 15 is 0 Å². The van der Waals surface area contributed by atoms with Crippen LogP contribution in [-0.4, -0.2) is 39.1 Å². The lowest BCUT2D eigenvalue weighted by Crippen LogP contribution is -2.28. The molecule has 2 aromatic rings. The van der Waals surface area contributed by atoms with Crippen molar-refractivity contribution in [3.05, 3.63) is 53.9 Å². The van der Waals surface area contributed by atoms with E-state index in [9.17, 15) is 5.11 Å². The van der Waals surface area contributed by atoms with E-state index in [1.807, 2.05) is 48.3 Å². The van der Waals surface area contributed by atoms with Crippen LogP contribution in [0.5, 0.6) is 11.5 Å². The SMILES string of the molecule is COc1cc([C@@H]2[C@@H](c3ccccn3)N=C3S[C@@H](C)CN32)ccc1O. The molecule has 2 aliphatic rings. The molecule has 5 nitrogen and oxygen atoms in total. The van der Waals surface area contributed by atoms with Gasteiger partial charge in [0.25, 0.3) is 0 Å². The first kappa shape index (κ1) is 15.3. The lowest BCUT2D eigenvalue weighted by molar-refractivity contribution is 0.318. The number of ether oxygens (including phenoxy) is 1. The fourth-order valence-electron chi connectivity index (χ4n) is 3.36. The molecule has 0 radical (unpaired) electrons. The van der Waals surface area contributed by atoms with Crippen molar-refractivity contribution in [3.63, 3.8) is 0 Å². The monoisotopic (exact) mass is 341 g/mol. The molecule has 24 heavy (non-hydrogen) atoms. The van der Waals surface area contributed by atoms with Crippen LogP contribution in [0.15, 0.2) is 47.6 Å². The van der Waals surface area contributed by atoms with Gasteiger partial charge in [-0.15, -0.1) is 0 Å². The molecule has 0 saturated carbocycles. The highest BCUT2D eigenvalue weighted by molar-refractivity contribution is 8.14. The zero-order valence-electron chi connectivity index (χ0n) is 13.6. The molecule has 1 aromatic heterocycles. The largest absolute Gasteiger partial charge is 0.504 e. The molecular formula is C18H19N3O2S. The predicted molar refractivity (Wildman–Crippen MR) is 95.6 cm³/mol. The maximum absolute atomic E-state index is 9.91. The minimum absolute atomic E-state index is 0.0459. The number of aliphatic imine (C=N–C) groups is 1. The normalized spacial score (nSPS) is 25.5. The van der Waals surface area contributed by atoms with Crippen molar-refractivity contribution in [3.8, 4) is 11.5 Å². The summed E-state index contributed by atoms with van der Waals surface area (Å²) >= 11 is 1.81. The van der Waals surface area contributed by atoms with Crippen LogP contribution in [-0.2, 0) is 0 Å². The number of benzene rings is 1. The number of hydrogen-bond acceptors (Lipinski definition) is 6.